The van der Waals surface area contributed by atoms with Gasteiger partial charge in [-0.2, -0.15) is 0 Å². The monoisotopic (exact) mass is 697 g/mol. The van der Waals surface area contributed by atoms with Crippen LogP contribution < -0.4 is 10.6 Å². The van der Waals surface area contributed by atoms with Crippen molar-refractivity contribution in [1.29, 1.82) is 0 Å². The molecule has 49 heavy (non-hydrogen) atoms. The predicted octanol–water partition coefficient (Wildman–Crippen LogP) is 7.14. The molecule has 3 heterocycles. The number of likely N-dealkylation sites (tertiary alicyclic amines) is 2. The first-order valence-electron chi connectivity index (χ1n) is 15.7. The first-order valence-corrected chi connectivity index (χ1v) is 16.0. The van der Waals surface area contributed by atoms with Gasteiger partial charge in [0, 0.05) is 63.9 Å². The van der Waals surface area contributed by atoms with Crippen molar-refractivity contribution in [3.8, 4) is 11.1 Å². The molecule has 4 amide bonds. The van der Waals surface area contributed by atoms with Crippen molar-refractivity contribution in [2.45, 2.75) is 50.9 Å². The molecule has 1 aromatic heterocycles. The Morgan fingerprint density at radius 1 is 1.00 bits per heavy atom. The molecule has 0 radical (unpaired) electrons. The minimum absolute atomic E-state index is 0.155. The number of carbonyl (C=O) groups is 4. The molecule has 256 valence electrons. The Morgan fingerprint density at radius 2 is 1.76 bits per heavy atom. The number of benzene rings is 3. The van der Waals surface area contributed by atoms with E-state index >= 15 is 4.39 Å². The van der Waals surface area contributed by atoms with Gasteiger partial charge in [0.2, 0.25) is 11.8 Å². The van der Waals surface area contributed by atoms with Gasteiger partial charge in [-0.3, -0.25) is 14.4 Å². The Morgan fingerprint density at radius 3 is 2.49 bits per heavy atom. The first kappa shape index (κ1) is 34.0. The minimum atomic E-state index is -2.97. The number of amides is 4. The van der Waals surface area contributed by atoms with Crippen molar-refractivity contribution in [2.24, 2.45) is 0 Å². The summed E-state index contributed by atoms with van der Waals surface area (Å²) in [6.07, 6.45) is -0.459. The number of rotatable bonds is 7. The van der Waals surface area contributed by atoms with Crippen molar-refractivity contribution in [3.63, 3.8) is 0 Å². The van der Waals surface area contributed by atoms with Gasteiger partial charge in [-0.15, -0.1) is 0 Å². The molecule has 6 rings (SSSR count). The fourth-order valence-electron chi connectivity index (χ4n) is 6.41. The number of piperidine rings is 1. The van der Waals surface area contributed by atoms with Gasteiger partial charge in [0.1, 0.15) is 18.8 Å². The summed E-state index contributed by atoms with van der Waals surface area (Å²) < 4.78 is 59.5. The van der Waals surface area contributed by atoms with E-state index in [1.165, 1.54) is 42.0 Å². The van der Waals surface area contributed by atoms with Crippen molar-refractivity contribution in [1.82, 2.24) is 14.4 Å². The van der Waals surface area contributed by atoms with Crippen LogP contribution in [-0.2, 0) is 16.1 Å². The summed E-state index contributed by atoms with van der Waals surface area (Å²) in [4.78, 5) is 54.4. The largest absolute Gasteiger partial charge is 0.337 e. The number of anilines is 2. The standard InChI is InChI=1S/C35H32ClF4N5O4/c1-20(46)26-17-44(29-11-10-22(15-25(26)29)41-34(49)43-13-5-12-35(39,40)19-43)18-31(47)45-16-21(37)14-30(45)33(48)42-28-9-4-7-24(32(28)38)23-6-2-3-8-27(23)36/h2-4,6-11,15,17,21,30H,5,12-14,16,18-19H2,1H3,(H,41,49)(H,42,48)/t21-,30+/m1/s1. The molecular formula is C35H32ClF4N5O4. The zero-order valence-corrected chi connectivity index (χ0v) is 27.1. The van der Waals surface area contributed by atoms with Gasteiger partial charge in [0.15, 0.2) is 11.6 Å². The Kier molecular flexibility index (Phi) is 9.39. The lowest BCUT2D eigenvalue weighted by Gasteiger charge is -2.32. The van der Waals surface area contributed by atoms with E-state index in [1.54, 1.807) is 36.4 Å². The number of hydrogen-bond donors (Lipinski definition) is 2. The number of halogens is 5. The number of fused-ring (bicyclic) bond motifs is 1. The summed E-state index contributed by atoms with van der Waals surface area (Å²) in [7, 11) is 0. The summed E-state index contributed by atoms with van der Waals surface area (Å²) >= 11 is 6.25. The van der Waals surface area contributed by atoms with Gasteiger partial charge < -0.3 is 25.0 Å². The normalized spacial score (nSPS) is 18.8. The summed E-state index contributed by atoms with van der Waals surface area (Å²) in [6, 6.07) is 13.7. The smallest absolute Gasteiger partial charge is 0.322 e. The molecular weight excluding hydrogens is 666 g/mol. The maximum absolute atomic E-state index is 15.5. The Hall–Kier alpha value is -4.91. The Balaban J connectivity index is 1.19. The van der Waals surface area contributed by atoms with Gasteiger partial charge >= 0.3 is 6.03 Å². The van der Waals surface area contributed by atoms with Crippen LogP contribution in [0.15, 0.2) is 66.9 Å². The van der Waals surface area contributed by atoms with E-state index in [0.717, 1.165) is 9.80 Å². The number of nitrogens with zero attached hydrogens (tertiary/aromatic N) is 3. The molecule has 2 saturated heterocycles. The first-order chi connectivity index (χ1) is 23.3. The Labute approximate surface area is 283 Å². The molecule has 0 aliphatic carbocycles. The van der Waals surface area contributed by atoms with E-state index in [2.05, 4.69) is 10.6 Å². The topological polar surface area (TPSA) is 104 Å². The van der Waals surface area contributed by atoms with Crippen molar-refractivity contribution >= 4 is 57.5 Å². The van der Waals surface area contributed by atoms with Crippen LogP contribution in [0, 0.1) is 5.82 Å². The third-order valence-electron chi connectivity index (χ3n) is 8.79. The molecule has 0 spiro atoms. The number of ketones is 1. The molecule has 14 heteroatoms. The van der Waals surface area contributed by atoms with Gasteiger partial charge in [0.05, 0.1) is 18.8 Å². The number of carbonyl (C=O) groups excluding carboxylic acids is 4. The Bertz CT molecular complexity index is 1970. The maximum Gasteiger partial charge on any atom is 0.322 e. The lowest BCUT2D eigenvalue weighted by atomic mass is 10.0. The molecule has 0 saturated carbocycles. The minimum Gasteiger partial charge on any atom is -0.337 e. The zero-order valence-electron chi connectivity index (χ0n) is 26.3. The molecule has 9 nitrogen and oxygen atoms in total. The molecule has 2 fully saturated rings. The average molecular weight is 698 g/mol. The zero-order chi connectivity index (χ0) is 35.0. The van der Waals surface area contributed by atoms with Crippen LogP contribution in [0.2, 0.25) is 5.02 Å². The van der Waals surface area contributed by atoms with E-state index < -0.39 is 48.3 Å². The van der Waals surface area contributed by atoms with E-state index in [1.807, 2.05) is 0 Å². The fraction of sp³-hybridized carbons (Fsp3) is 0.314. The third-order valence-corrected chi connectivity index (χ3v) is 9.12. The van der Waals surface area contributed by atoms with Crippen LogP contribution in [0.5, 0.6) is 0 Å². The van der Waals surface area contributed by atoms with E-state index in [4.69, 9.17) is 11.6 Å². The molecule has 3 aromatic carbocycles. The second-order valence-electron chi connectivity index (χ2n) is 12.3. The summed E-state index contributed by atoms with van der Waals surface area (Å²) in [6.45, 7) is 0.0998. The van der Waals surface area contributed by atoms with Crippen LogP contribution in [0.25, 0.3) is 22.0 Å². The highest BCUT2D eigenvalue weighted by molar-refractivity contribution is 6.33. The van der Waals surface area contributed by atoms with Crippen molar-refractivity contribution < 1.29 is 36.7 Å². The number of aromatic nitrogens is 1. The lowest BCUT2D eigenvalue weighted by molar-refractivity contribution is -0.137. The summed E-state index contributed by atoms with van der Waals surface area (Å²) in [5.74, 6) is -5.42. The molecule has 0 unspecified atom stereocenters. The van der Waals surface area contributed by atoms with Crippen LogP contribution >= 0.6 is 11.6 Å². The SMILES string of the molecule is CC(=O)c1cn(CC(=O)N2C[C@H](F)C[C@H]2C(=O)Nc2cccc(-c3ccccc3Cl)c2F)c2ccc(NC(=O)N3CCCC(F)(F)C3)cc12. The molecule has 2 aliphatic rings. The molecule has 2 N–H and O–H groups in total. The van der Waals surface area contributed by atoms with Crippen LogP contribution in [-0.4, -0.2) is 75.8 Å². The number of alkyl halides is 3. The number of Topliss-reactive ketones (excluding diaryl/α,β-unsaturated/α-hetero) is 1. The predicted molar refractivity (Wildman–Crippen MR) is 177 cm³/mol. The molecule has 0 bridgehead atoms. The van der Waals surface area contributed by atoms with Gasteiger partial charge in [-0.1, -0.05) is 41.9 Å². The third kappa shape index (κ3) is 7.12. The summed E-state index contributed by atoms with van der Waals surface area (Å²) in [5, 5.41) is 5.82. The van der Waals surface area contributed by atoms with E-state index in [-0.39, 0.29) is 67.2 Å². The molecule has 2 atom stereocenters. The number of urea groups is 1. The van der Waals surface area contributed by atoms with E-state index in [0.29, 0.717) is 21.5 Å². The number of hydrogen-bond acceptors (Lipinski definition) is 4. The summed E-state index contributed by atoms with van der Waals surface area (Å²) in [5.41, 5.74) is 1.36. The van der Waals surface area contributed by atoms with Gasteiger partial charge in [-0.25, -0.2) is 22.4 Å². The number of nitrogens with one attached hydrogen (secondary N) is 2. The highest BCUT2D eigenvalue weighted by Gasteiger charge is 2.40. The molecule has 2 aliphatic heterocycles. The van der Waals surface area contributed by atoms with Gasteiger partial charge in [0.25, 0.3) is 5.92 Å². The second kappa shape index (κ2) is 13.5. The highest BCUT2D eigenvalue weighted by atomic mass is 35.5. The highest BCUT2D eigenvalue weighted by Crippen LogP contribution is 2.34. The molecule has 4 aromatic rings. The second-order valence-corrected chi connectivity index (χ2v) is 12.7. The maximum atomic E-state index is 15.5. The van der Waals surface area contributed by atoms with Crippen molar-refractivity contribution in [3.05, 3.63) is 83.3 Å². The lowest BCUT2D eigenvalue weighted by Crippen LogP contribution is -2.47. The quantitative estimate of drug-likeness (QED) is 0.158. The average Bonchev–Trinajstić information content (AvgIpc) is 3.62. The van der Waals surface area contributed by atoms with Crippen LogP contribution in [0.4, 0.5) is 33.7 Å². The van der Waals surface area contributed by atoms with Crippen LogP contribution in [0.1, 0.15) is 36.5 Å². The fourth-order valence-corrected chi connectivity index (χ4v) is 6.64. The van der Waals surface area contributed by atoms with E-state index in [9.17, 15) is 32.3 Å². The van der Waals surface area contributed by atoms with Crippen molar-refractivity contribution in [2.75, 3.05) is 30.3 Å². The van der Waals surface area contributed by atoms with Crippen LogP contribution in [0.3, 0.4) is 0 Å². The van der Waals surface area contributed by atoms with Gasteiger partial charge in [-0.05, 0) is 43.7 Å².